The fourth-order valence-electron chi connectivity index (χ4n) is 7.51. The van der Waals surface area contributed by atoms with Crippen LogP contribution in [0.3, 0.4) is 0 Å². The molecule has 7 rings (SSSR count). The van der Waals surface area contributed by atoms with Gasteiger partial charge in [0, 0.05) is 12.7 Å². The molecule has 3 N–H and O–H groups in total. The van der Waals surface area contributed by atoms with Crippen molar-refractivity contribution in [1.82, 2.24) is 0 Å². The van der Waals surface area contributed by atoms with Gasteiger partial charge < -0.3 is 58.2 Å². The second-order valence-electron chi connectivity index (χ2n) is 14.2. The third kappa shape index (κ3) is 10.1. The zero-order valence-corrected chi connectivity index (χ0v) is 32.0. The summed E-state index contributed by atoms with van der Waals surface area (Å²) in [6, 6.07) is 37.3. The Morgan fingerprint density at radius 1 is 0.719 bits per heavy atom. The Morgan fingerprint density at radius 2 is 1.28 bits per heavy atom. The van der Waals surface area contributed by atoms with Gasteiger partial charge in [0.1, 0.15) is 42.7 Å². The van der Waals surface area contributed by atoms with Gasteiger partial charge in [-0.25, -0.2) is 0 Å². The minimum Gasteiger partial charge on any atom is -0.468 e. The maximum absolute atomic E-state index is 13.4. The zero-order chi connectivity index (χ0) is 39.6. The van der Waals surface area contributed by atoms with Gasteiger partial charge in [-0.1, -0.05) is 121 Å². The molecule has 12 atom stereocenters. The average molecular weight is 786 g/mol. The van der Waals surface area contributed by atoms with Crippen molar-refractivity contribution in [3.63, 3.8) is 0 Å². The number of benzene rings is 4. The first-order valence-corrected chi connectivity index (χ1v) is 19.2. The first kappa shape index (κ1) is 41.1. The minimum absolute atomic E-state index is 0.0586. The predicted octanol–water partition coefficient (Wildman–Crippen LogP) is 4.45. The van der Waals surface area contributed by atoms with E-state index in [-0.39, 0.29) is 26.4 Å². The SMILES string of the molecule is COC(=O)[C@H](N)[C@H]1[C@H](O[C@@H]2[C@@H](O)[C@@H](OC)O[C@@H]3COC(c4ccccc4)O[C@@H]23)O[C@H](COCc2ccccc2)[C@H](OCc2ccccc2)[C@@H]1OCc1ccccc1. The molecular weight excluding hydrogens is 734 g/mol. The van der Waals surface area contributed by atoms with Crippen LogP contribution in [0, 0.1) is 5.92 Å². The predicted molar refractivity (Wildman–Crippen MR) is 205 cm³/mol. The van der Waals surface area contributed by atoms with E-state index in [9.17, 15) is 9.90 Å². The van der Waals surface area contributed by atoms with Gasteiger partial charge in [-0.05, 0) is 16.7 Å². The molecule has 4 aromatic carbocycles. The van der Waals surface area contributed by atoms with Crippen molar-refractivity contribution < 1.29 is 57.3 Å². The molecule has 3 aliphatic heterocycles. The molecule has 4 aromatic rings. The summed E-state index contributed by atoms with van der Waals surface area (Å²) in [6.07, 6.45) is -9.67. The Balaban J connectivity index is 1.25. The van der Waals surface area contributed by atoms with Gasteiger partial charge in [-0.2, -0.15) is 0 Å². The summed E-state index contributed by atoms with van der Waals surface area (Å²) >= 11 is 0. The number of aliphatic hydroxyl groups is 1. The van der Waals surface area contributed by atoms with Crippen LogP contribution in [0.4, 0.5) is 0 Å². The Morgan fingerprint density at radius 3 is 1.86 bits per heavy atom. The van der Waals surface area contributed by atoms with E-state index in [1.165, 1.54) is 14.2 Å². The molecule has 57 heavy (non-hydrogen) atoms. The third-order valence-electron chi connectivity index (χ3n) is 10.4. The lowest BCUT2D eigenvalue weighted by molar-refractivity contribution is -0.390. The molecule has 0 spiro atoms. The monoisotopic (exact) mass is 785 g/mol. The topological polar surface area (TPSA) is 156 Å². The number of hydrogen-bond donors (Lipinski definition) is 2. The molecule has 0 saturated carbocycles. The second-order valence-corrected chi connectivity index (χ2v) is 14.2. The van der Waals surface area contributed by atoms with Crippen LogP contribution in [0.15, 0.2) is 121 Å². The van der Waals surface area contributed by atoms with Gasteiger partial charge in [0.05, 0.1) is 52.2 Å². The molecule has 0 amide bonds. The van der Waals surface area contributed by atoms with Gasteiger partial charge in [-0.3, -0.25) is 4.79 Å². The van der Waals surface area contributed by atoms with Crippen molar-refractivity contribution in [2.45, 2.75) is 87.5 Å². The van der Waals surface area contributed by atoms with E-state index in [2.05, 4.69) is 0 Å². The Labute approximate surface area is 332 Å². The number of esters is 1. The maximum atomic E-state index is 13.4. The Hall–Kier alpha value is -4.09. The number of carbonyl (C=O) groups is 1. The highest BCUT2D eigenvalue weighted by Crippen LogP contribution is 2.40. The lowest BCUT2D eigenvalue weighted by Crippen LogP contribution is -2.68. The summed E-state index contributed by atoms with van der Waals surface area (Å²) in [4.78, 5) is 13.4. The smallest absolute Gasteiger partial charge is 0.323 e. The maximum Gasteiger partial charge on any atom is 0.323 e. The highest BCUT2D eigenvalue weighted by molar-refractivity contribution is 5.76. The summed E-state index contributed by atoms with van der Waals surface area (Å²) in [7, 11) is 2.69. The van der Waals surface area contributed by atoms with Crippen LogP contribution in [0.1, 0.15) is 28.5 Å². The van der Waals surface area contributed by atoms with Gasteiger partial charge in [0.15, 0.2) is 18.9 Å². The summed E-state index contributed by atoms with van der Waals surface area (Å²) < 4.78 is 62.9. The van der Waals surface area contributed by atoms with E-state index in [1.807, 2.05) is 121 Å². The highest BCUT2D eigenvalue weighted by Gasteiger charge is 2.56. The van der Waals surface area contributed by atoms with Crippen molar-refractivity contribution >= 4 is 5.97 Å². The first-order chi connectivity index (χ1) is 27.9. The lowest BCUT2D eigenvalue weighted by atomic mass is 9.84. The van der Waals surface area contributed by atoms with E-state index in [4.69, 9.17) is 53.1 Å². The van der Waals surface area contributed by atoms with Gasteiger partial charge in [-0.15, -0.1) is 0 Å². The Kier molecular flexibility index (Phi) is 14.5. The fourth-order valence-corrected chi connectivity index (χ4v) is 7.51. The van der Waals surface area contributed by atoms with Crippen LogP contribution in [0.25, 0.3) is 0 Å². The van der Waals surface area contributed by atoms with E-state index in [0.717, 1.165) is 22.3 Å². The number of rotatable bonds is 16. The number of ether oxygens (including phenoxy) is 10. The fraction of sp³-hybridized carbons (Fsp3) is 0.432. The van der Waals surface area contributed by atoms with Crippen molar-refractivity contribution in [1.29, 1.82) is 0 Å². The zero-order valence-electron chi connectivity index (χ0n) is 32.0. The van der Waals surface area contributed by atoms with Crippen LogP contribution >= 0.6 is 0 Å². The molecule has 304 valence electrons. The summed E-state index contributed by atoms with van der Waals surface area (Å²) in [5.74, 6) is -1.73. The van der Waals surface area contributed by atoms with Gasteiger partial charge in [0.2, 0.25) is 0 Å². The average Bonchev–Trinajstić information content (AvgIpc) is 3.26. The number of nitrogens with two attached hydrogens (primary N) is 1. The molecule has 0 radical (unpaired) electrons. The van der Waals surface area contributed by atoms with Gasteiger partial charge >= 0.3 is 5.97 Å². The second kappa shape index (κ2) is 20.1. The van der Waals surface area contributed by atoms with Crippen LogP contribution in [0.5, 0.6) is 0 Å². The number of hydrogen-bond acceptors (Lipinski definition) is 13. The quantitative estimate of drug-likeness (QED) is 0.154. The van der Waals surface area contributed by atoms with Crippen LogP contribution < -0.4 is 5.73 Å². The van der Waals surface area contributed by atoms with Gasteiger partial charge in [0.25, 0.3) is 0 Å². The molecule has 0 aliphatic carbocycles. The van der Waals surface area contributed by atoms with E-state index >= 15 is 0 Å². The largest absolute Gasteiger partial charge is 0.468 e. The molecular formula is C44H51NO12. The number of fused-ring (bicyclic) bond motifs is 1. The number of carbonyl (C=O) groups excluding carboxylic acids is 1. The molecule has 3 aliphatic rings. The molecule has 13 nitrogen and oxygen atoms in total. The lowest BCUT2D eigenvalue weighted by Gasteiger charge is -2.51. The van der Waals surface area contributed by atoms with E-state index in [0.29, 0.717) is 6.61 Å². The molecule has 3 saturated heterocycles. The van der Waals surface area contributed by atoms with Crippen LogP contribution in [0.2, 0.25) is 0 Å². The normalized spacial score (nSPS) is 30.6. The summed E-state index contributed by atoms with van der Waals surface area (Å²) in [6.45, 7) is 0.837. The molecule has 3 fully saturated rings. The molecule has 0 aromatic heterocycles. The van der Waals surface area contributed by atoms with Crippen LogP contribution in [-0.2, 0) is 72.0 Å². The van der Waals surface area contributed by atoms with Crippen molar-refractivity contribution in [3.05, 3.63) is 144 Å². The number of methoxy groups -OCH3 is 2. The number of aliphatic hydroxyl groups excluding tert-OH is 1. The highest BCUT2D eigenvalue weighted by atomic mass is 16.8. The van der Waals surface area contributed by atoms with Crippen LogP contribution in [-0.4, -0.2) is 99.9 Å². The summed E-state index contributed by atoms with van der Waals surface area (Å²) in [5, 5.41) is 11.8. The first-order valence-electron chi connectivity index (χ1n) is 19.2. The standard InChI is InChI=1S/C44H51NO12/c1-48-41(47)35(45)34-39(52-25-30-19-11-5-12-20-30)37(51-24-29-17-9-4-10-18-29)32(26-50-23-28-15-7-3-8-16-28)54-43(34)57-40-36(46)44(49-2)55-33-27-53-42(56-38(33)40)31-21-13-6-14-22-31/h3-22,32-40,42-44,46H,23-27,45H2,1-2H3/t32-,33-,34-,35-,36-,37+,38-,39-,40-,42?,43+,44+/m1/s1. The molecule has 3 heterocycles. The molecule has 13 heteroatoms. The van der Waals surface area contributed by atoms with Crippen molar-refractivity contribution in [2.75, 3.05) is 27.4 Å². The Bertz CT molecular complexity index is 1790. The molecule has 0 bridgehead atoms. The minimum atomic E-state index is -1.35. The van der Waals surface area contributed by atoms with Crippen molar-refractivity contribution in [3.8, 4) is 0 Å². The van der Waals surface area contributed by atoms with E-state index < -0.39 is 79.5 Å². The van der Waals surface area contributed by atoms with Crippen molar-refractivity contribution in [2.24, 2.45) is 11.7 Å². The van der Waals surface area contributed by atoms with E-state index in [1.54, 1.807) is 0 Å². The molecule has 1 unspecified atom stereocenters. The summed E-state index contributed by atoms with van der Waals surface area (Å²) in [5.41, 5.74) is 10.4. The third-order valence-corrected chi connectivity index (χ3v) is 10.4.